The molecule has 136 valence electrons. The molecule has 1 aliphatic rings. The maximum atomic E-state index is 12.6. The summed E-state index contributed by atoms with van der Waals surface area (Å²) < 4.78 is 5.16. The van der Waals surface area contributed by atoms with Gasteiger partial charge in [0, 0.05) is 36.0 Å². The van der Waals surface area contributed by atoms with Gasteiger partial charge in [0.1, 0.15) is 0 Å². The average molecular weight is 354 g/mol. The molecule has 0 radical (unpaired) electrons. The molecule has 0 unspecified atom stereocenters. The van der Waals surface area contributed by atoms with Crippen molar-refractivity contribution in [1.29, 1.82) is 0 Å². The zero-order chi connectivity index (χ0) is 17.4. The smallest absolute Gasteiger partial charge is 0.317 e. The summed E-state index contributed by atoms with van der Waals surface area (Å²) in [5.41, 5.74) is 0. The number of carbonyl (C=O) groups is 1. The lowest BCUT2D eigenvalue weighted by Gasteiger charge is -2.33. The number of nitrogens with one attached hydrogen (secondary N) is 1. The van der Waals surface area contributed by atoms with Crippen molar-refractivity contribution in [3.8, 4) is 0 Å². The second-order valence-electron chi connectivity index (χ2n) is 6.56. The van der Waals surface area contributed by atoms with Crippen molar-refractivity contribution in [2.45, 2.75) is 45.7 Å². The summed E-state index contributed by atoms with van der Waals surface area (Å²) in [6, 6.07) is 4.60. The third-order valence-corrected chi connectivity index (χ3v) is 5.54. The molecule has 0 aromatic carbocycles. The molecule has 2 rings (SSSR count). The highest BCUT2D eigenvalue weighted by Gasteiger charge is 2.19. The number of aryl methyl sites for hydroxylation is 1. The number of ether oxygens (including phenoxy) is 1. The Morgan fingerprint density at radius 3 is 2.75 bits per heavy atom. The predicted molar refractivity (Wildman–Crippen MR) is 99.6 cm³/mol. The summed E-state index contributed by atoms with van der Waals surface area (Å²) in [5.74, 6) is 0. The van der Waals surface area contributed by atoms with E-state index in [1.165, 1.54) is 29.0 Å². The van der Waals surface area contributed by atoms with Crippen LogP contribution < -0.4 is 5.32 Å². The lowest BCUT2D eigenvalue weighted by Crippen LogP contribution is -2.48. The lowest BCUT2D eigenvalue weighted by molar-refractivity contribution is 0.140. The first-order valence-electron chi connectivity index (χ1n) is 8.91. The van der Waals surface area contributed by atoms with Gasteiger partial charge in [-0.05, 0) is 51.9 Å². The van der Waals surface area contributed by atoms with Crippen LogP contribution in [0.15, 0.2) is 12.1 Å². The van der Waals surface area contributed by atoms with Crippen molar-refractivity contribution in [2.24, 2.45) is 0 Å². The zero-order valence-electron chi connectivity index (χ0n) is 15.2. The molecule has 1 aliphatic heterocycles. The predicted octanol–water partition coefficient (Wildman–Crippen LogP) is 3.09. The first-order valence-corrected chi connectivity index (χ1v) is 9.73. The Balaban J connectivity index is 1.84. The van der Waals surface area contributed by atoms with E-state index in [0.717, 1.165) is 13.1 Å². The number of methoxy groups -OCH3 is 1. The molecule has 1 fully saturated rings. The van der Waals surface area contributed by atoms with Gasteiger partial charge >= 0.3 is 6.03 Å². The van der Waals surface area contributed by atoms with Gasteiger partial charge in [-0.25, -0.2) is 4.79 Å². The molecule has 0 bridgehead atoms. The van der Waals surface area contributed by atoms with Gasteiger partial charge in [0.25, 0.3) is 0 Å². The molecular weight excluding hydrogens is 322 g/mol. The van der Waals surface area contributed by atoms with Crippen molar-refractivity contribution in [2.75, 3.05) is 39.9 Å². The monoisotopic (exact) mass is 353 g/mol. The first kappa shape index (κ1) is 19.2. The fourth-order valence-electron chi connectivity index (χ4n) is 3.05. The van der Waals surface area contributed by atoms with Crippen LogP contribution in [0.2, 0.25) is 0 Å². The maximum Gasteiger partial charge on any atom is 0.317 e. The minimum absolute atomic E-state index is 0.00182. The Hall–Kier alpha value is -1.11. The van der Waals surface area contributed by atoms with E-state index < -0.39 is 0 Å². The zero-order valence-corrected chi connectivity index (χ0v) is 16.0. The van der Waals surface area contributed by atoms with Crippen LogP contribution >= 0.6 is 11.3 Å². The topological polar surface area (TPSA) is 44.8 Å². The molecule has 5 nitrogen and oxygen atoms in total. The molecule has 1 atom stereocenters. The Kier molecular flexibility index (Phi) is 8.02. The minimum Gasteiger partial charge on any atom is -0.383 e. The number of hydrogen-bond donors (Lipinski definition) is 1. The highest BCUT2D eigenvalue weighted by atomic mass is 32.1. The Labute approximate surface area is 150 Å². The summed E-state index contributed by atoms with van der Waals surface area (Å²) in [6.45, 7) is 9.11. The SMILES string of the molecule is COCCN(Cc1ccc(C)s1)C(=O)NC[C@@H](C)N1CCCCC1. The fourth-order valence-corrected chi connectivity index (χ4v) is 3.95. The van der Waals surface area contributed by atoms with E-state index in [0.29, 0.717) is 32.3 Å². The van der Waals surface area contributed by atoms with Crippen LogP contribution in [0.1, 0.15) is 35.9 Å². The largest absolute Gasteiger partial charge is 0.383 e. The number of thiophene rings is 1. The molecule has 2 amide bonds. The molecule has 0 saturated carbocycles. The van der Waals surface area contributed by atoms with Gasteiger partial charge in [-0.3, -0.25) is 4.90 Å². The summed E-state index contributed by atoms with van der Waals surface area (Å²) in [7, 11) is 1.67. The summed E-state index contributed by atoms with van der Waals surface area (Å²) in [6.07, 6.45) is 3.88. The Bertz CT molecular complexity index is 500. The van der Waals surface area contributed by atoms with Crippen LogP contribution in [0.25, 0.3) is 0 Å². The van der Waals surface area contributed by atoms with Crippen LogP contribution in [-0.4, -0.2) is 61.8 Å². The van der Waals surface area contributed by atoms with E-state index in [1.54, 1.807) is 18.4 Å². The second kappa shape index (κ2) is 10.0. The lowest BCUT2D eigenvalue weighted by atomic mass is 10.1. The van der Waals surface area contributed by atoms with Crippen molar-refractivity contribution < 1.29 is 9.53 Å². The molecule has 2 heterocycles. The molecule has 6 heteroatoms. The van der Waals surface area contributed by atoms with E-state index in [1.807, 2.05) is 4.90 Å². The van der Waals surface area contributed by atoms with Crippen molar-refractivity contribution in [3.63, 3.8) is 0 Å². The normalized spacial score (nSPS) is 16.8. The van der Waals surface area contributed by atoms with Gasteiger partial charge in [0.15, 0.2) is 0 Å². The number of piperidine rings is 1. The number of rotatable bonds is 8. The number of hydrogen-bond acceptors (Lipinski definition) is 4. The number of nitrogens with zero attached hydrogens (tertiary/aromatic N) is 2. The van der Waals surface area contributed by atoms with E-state index in [4.69, 9.17) is 4.74 Å². The molecular formula is C18H31N3O2S. The van der Waals surface area contributed by atoms with Crippen LogP contribution in [-0.2, 0) is 11.3 Å². The first-order chi connectivity index (χ1) is 11.6. The van der Waals surface area contributed by atoms with Gasteiger partial charge < -0.3 is 15.0 Å². The van der Waals surface area contributed by atoms with Crippen LogP contribution in [0.4, 0.5) is 4.79 Å². The molecule has 1 aromatic heterocycles. The Morgan fingerprint density at radius 2 is 2.12 bits per heavy atom. The van der Waals surface area contributed by atoms with Crippen LogP contribution in [0.5, 0.6) is 0 Å². The van der Waals surface area contributed by atoms with E-state index >= 15 is 0 Å². The van der Waals surface area contributed by atoms with Crippen LogP contribution in [0, 0.1) is 6.92 Å². The molecule has 24 heavy (non-hydrogen) atoms. The third kappa shape index (κ3) is 6.07. The van der Waals surface area contributed by atoms with E-state index in [2.05, 4.69) is 36.2 Å². The molecule has 0 aliphatic carbocycles. The van der Waals surface area contributed by atoms with Crippen LogP contribution in [0.3, 0.4) is 0 Å². The number of likely N-dealkylation sites (tertiary alicyclic amines) is 1. The van der Waals surface area contributed by atoms with Crippen molar-refractivity contribution in [3.05, 3.63) is 21.9 Å². The van der Waals surface area contributed by atoms with Crippen molar-refractivity contribution in [1.82, 2.24) is 15.1 Å². The number of amides is 2. The van der Waals surface area contributed by atoms with E-state index in [9.17, 15) is 4.79 Å². The molecule has 0 spiro atoms. The Morgan fingerprint density at radius 1 is 1.38 bits per heavy atom. The third-order valence-electron chi connectivity index (χ3n) is 4.56. The quantitative estimate of drug-likeness (QED) is 0.781. The maximum absolute atomic E-state index is 12.6. The highest BCUT2D eigenvalue weighted by molar-refractivity contribution is 7.11. The molecule has 1 N–H and O–H groups in total. The summed E-state index contributed by atoms with van der Waals surface area (Å²) in [5, 5.41) is 3.11. The van der Waals surface area contributed by atoms with Crippen molar-refractivity contribution >= 4 is 17.4 Å². The van der Waals surface area contributed by atoms with E-state index in [-0.39, 0.29) is 6.03 Å². The van der Waals surface area contributed by atoms with Gasteiger partial charge in [0.2, 0.25) is 0 Å². The van der Waals surface area contributed by atoms with Gasteiger partial charge in [-0.2, -0.15) is 0 Å². The molecule has 1 saturated heterocycles. The van der Waals surface area contributed by atoms with Gasteiger partial charge in [-0.15, -0.1) is 11.3 Å². The minimum atomic E-state index is 0.00182. The average Bonchev–Trinajstić information content (AvgIpc) is 3.01. The second-order valence-corrected chi connectivity index (χ2v) is 7.93. The molecule has 1 aromatic rings. The summed E-state index contributed by atoms with van der Waals surface area (Å²) in [4.78, 5) is 19.4. The fraction of sp³-hybridized carbons (Fsp3) is 0.722. The number of urea groups is 1. The van der Waals surface area contributed by atoms with Gasteiger partial charge in [-0.1, -0.05) is 6.42 Å². The standard InChI is InChI=1S/C18H31N3O2S/c1-15(20-9-5-4-6-10-20)13-19-18(22)21(11-12-23-3)14-17-8-7-16(2)24-17/h7-8,15H,4-6,9-14H2,1-3H3,(H,19,22)/t15-/m1/s1. The van der Waals surface area contributed by atoms with Gasteiger partial charge in [0.05, 0.1) is 13.2 Å². The highest BCUT2D eigenvalue weighted by Crippen LogP contribution is 2.17. The summed E-state index contributed by atoms with van der Waals surface area (Å²) >= 11 is 1.74. The number of carbonyl (C=O) groups excluding carboxylic acids is 1.